The maximum atomic E-state index is 11.9. The number of carbonyl (C=O) groups is 3. The third-order valence-electron chi connectivity index (χ3n) is 2.90. The van der Waals surface area contributed by atoms with Gasteiger partial charge in [0.1, 0.15) is 17.7 Å². The molecular formula is C10H12N2O6S2. The van der Waals surface area contributed by atoms with Crippen molar-refractivity contribution < 1.29 is 29.3 Å². The summed E-state index contributed by atoms with van der Waals surface area (Å²) in [6.45, 7) is 1.19. The highest BCUT2D eigenvalue weighted by molar-refractivity contribution is 8.78. The molecule has 0 aromatic carbocycles. The molecule has 10 heteroatoms. The molecule has 0 radical (unpaired) electrons. The van der Waals surface area contributed by atoms with E-state index in [9.17, 15) is 24.6 Å². The highest BCUT2D eigenvalue weighted by Gasteiger charge is 2.55. The first-order valence-electron chi connectivity index (χ1n) is 5.57. The molecule has 1 saturated heterocycles. The van der Waals surface area contributed by atoms with Crippen molar-refractivity contribution in [2.45, 2.75) is 18.4 Å². The lowest BCUT2D eigenvalue weighted by atomic mass is 9.92. The Labute approximate surface area is 121 Å². The van der Waals surface area contributed by atoms with Gasteiger partial charge in [-0.3, -0.25) is 9.69 Å². The third-order valence-corrected chi connectivity index (χ3v) is 5.70. The van der Waals surface area contributed by atoms with Gasteiger partial charge < -0.3 is 20.7 Å². The molecule has 0 aromatic heterocycles. The van der Waals surface area contributed by atoms with Crippen molar-refractivity contribution in [1.82, 2.24) is 4.90 Å². The Morgan fingerprint density at radius 2 is 2.20 bits per heavy atom. The van der Waals surface area contributed by atoms with E-state index >= 15 is 0 Å². The zero-order valence-corrected chi connectivity index (χ0v) is 11.9. The first-order valence-corrected chi connectivity index (χ1v) is 7.79. The van der Waals surface area contributed by atoms with Crippen LogP contribution in [-0.2, 0) is 14.3 Å². The summed E-state index contributed by atoms with van der Waals surface area (Å²) >= 11 is 0. The average molecular weight is 320 g/mol. The molecular weight excluding hydrogens is 308 g/mol. The molecule has 4 N–H and O–H groups in total. The third kappa shape index (κ3) is 2.45. The number of carbonyl (C=O) groups excluding carboxylic acids is 2. The fourth-order valence-electron chi connectivity index (χ4n) is 2.00. The summed E-state index contributed by atoms with van der Waals surface area (Å²) in [5, 5.41) is 18.3. The Kier molecular flexibility index (Phi) is 4.16. The van der Waals surface area contributed by atoms with Gasteiger partial charge in [-0.1, -0.05) is 21.6 Å². The smallest absolute Gasteiger partial charge is 0.404 e. The largest absolute Gasteiger partial charge is 0.477 e. The predicted molar refractivity (Wildman–Crippen MR) is 71.2 cm³/mol. The summed E-state index contributed by atoms with van der Waals surface area (Å²) in [5.74, 6) is -2.37. The molecule has 2 aliphatic heterocycles. The van der Waals surface area contributed by atoms with Gasteiger partial charge in [0, 0.05) is 0 Å². The number of carboxylic acids is 1. The zero-order valence-electron chi connectivity index (χ0n) is 10.3. The van der Waals surface area contributed by atoms with Gasteiger partial charge in [0.25, 0.3) is 0 Å². The second-order valence-electron chi connectivity index (χ2n) is 4.23. The van der Waals surface area contributed by atoms with Gasteiger partial charge in [0.15, 0.2) is 0 Å². The van der Waals surface area contributed by atoms with E-state index in [4.69, 9.17) is 5.73 Å². The number of hydrogen-bond acceptors (Lipinski definition) is 7. The van der Waals surface area contributed by atoms with Gasteiger partial charge in [-0.05, 0) is 6.92 Å². The molecule has 0 saturated carbocycles. The molecule has 1 fully saturated rings. The van der Waals surface area contributed by atoms with E-state index in [1.807, 2.05) is 0 Å². The van der Waals surface area contributed by atoms with Crippen LogP contribution in [0.15, 0.2) is 10.6 Å². The molecule has 1 unspecified atom stereocenters. The van der Waals surface area contributed by atoms with E-state index in [0.717, 1.165) is 15.7 Å². The molecule has 2 aliphatic rings. The van der Waals surface area contributed by atoms with Crippen molar-refractivity contribution in [1.29, 1.82) is 0 Å². The van der Waals surface area contributed by atoms with Gasteiger partial charge in [-0.15, -0.1) is 0 Å². The molecule has 2 heterocycles. The van der Waals surface area contributed by atoms with Crippen molar-refractivity contribution in [2.24, 2.45) is 11.7 Å². The van der Waals surface area contributed by atoms with Crippen molar-refractivity contribution in [3.8, 4) is 0 Å². The number of carboxylic acid groups (broad SMARTS) is 1. The number of hydrogen-bond donors (Lipinski definition) is 3. The molecule has 0 aliphatic carbocycles. The minimum atomic E-state index is -1.29. The lowest BCUT2D eigenvalue weighted by Crippen LogP contribution is -2.63. The number of rotatable bonds is 4. The van der Waals surface area contributed by atoms with Gasteiger partial charge in [-0.25, -0.2) is 9.59 Å². The van der Waals surface area contributed by atoms with Crippen LogP contribution < -0.4 is 5.73 Å². The highest BCUT2D eigenvalue weighted by Crippen LogP contribution is 2.52. The van der Waals surface area contributed by atoms with E-state index in [-0.39, 0.29) is 17.2 Å². The van der Waals surface area contributed by atoms with Crippen LogP contribution in [0.2, 0.25) is 0 Å². The highest BCUT2D eigenvalue weighted by atomic mass is 33.1. The number of ether oxygens (including phenoxy) is 1. The van der Waals surface area contributed by atoms with Gasteiger partial charge in [0.05, 0.1) is 16.9 Å². The standard InChI is InChI=1S/C10H12N2O6S2/c1-3(13)5-7(14)12-6(9(15)16)4(2-18-10(11)17)19-20-8(5)12/h3,5,8,13H,2H2,1H3,(H2,11,17)(H,15,16)/t3?,5-,8+/m0/s1. The molecule has 2 rings (SSSR count). The molecule has 0 bridgehead atoms. The Bertz CT molecular complexity index is 506. The van der Waals surface area contributed by atoms with E-state index in [0.29, 0.717) is 0 Å². The summed E-state index contributed by atoms with van der Waals surface area (Å²) in [4.78, 5) is 35.2. The Hall–Kier alpha value is -1.39. The van der Waals surface area contributed by atoms with Gasteiger partial charge in [0.2, 0.25) is 5.91 Å². The number of nitrogens with zero attached hydrogens (tertiary/aromatic N) is 1. The van der Waals surface area contributed by atoms with Crippen LogP contribution in [0.25, 0.3) is 0 Å². The number of aliphatic hydroxyl groups excluding tert-OH is 1. The van der Waals surface area contributed by atoms with Crippen LogP contribution in [0.3, 0.4) is 0 Å². The number of fused-ring (bicyclic) bond motifs is 1. The van der Waals surface area contributed by atoms with Crippen molar-refractivity contribution >= 4 is 39.6 Å². The van der Waals surface area contributed by atoms with Crippen LogP contribution in [0.1, 0.15) is 6.92 Å². The minimum Gasteiger partial charge on any atom is -0.477 e. The molecule has 110 valence electrons. The van der Waals surface area contributed by atoms with Crippen molar-refractivity contribution in [3.63, 3.8) is 0 Å². The SMILES string of the molecule is CC(O)[C@H]1C(=O)N2C(C(=O)O)=C(COC(N)=O)SS[C@H]12. The summed E-state index contributed by atoms with van der Waals surface area (Å²) in [7, 11) is 2.35. The van der Waals surface area contributed by atoms with Crippen molar-refractivity contribution in [2.75, 3.05) is 6.61 Å². The number of primary amides is 1. The van der Waals surface area contributed by atoms with Crippen LogP contribution >= 0.6 is 21.6 Å². The number of nitrogens with two attached hydrogens (primary N) is 1. The summed E-state index contributed by atoms with van der Waals surface area (Å²) in [6, 6.07) is 0. The zero-order chi connectivity index (χ0) is 15.0. The van der Waals surface area contributed by atoms with Crippen LogP contribution in [0.4, 0.5) is 4.79 Å². The van der Waals surface area contributed by atoms with Gasteiger partial charge in [-0.2, -0.15) is 0 Å². The van der Waals surface area contributed by atoms with Crippen LogP contribution in [-0.4, -0.2) is 51.2 Å². The van der Waals surface area contributed by atoms with E-state index in [1.54, 1.807) is 0 Å². The van der Waals surface area contributed by atoms with E-state index in [1.165, 1.54) is 17.7 Å². The second-order valence-corrected chi connectivity index (χ2v) is 6.64. The summed E-state index contributed by atoms with van der Waals surface area (Å²) in [5.41, 5.74) is 4.61. The molecule has 0 aromatic rings. The van der Waals surface area contributed by atoms with Crippen molar-refractivity contribution in [3.05, 3.63) is 10.6 Å². The maximum absolute atomic E-state index is 11.9. The predicted octanol–water partition coefficient (Wildman–Crippen LogP) is -0.0618. The molecule has 2 amide bonds. The molecule has 8 nitrogen and oxygen atoms in total. The van der Waals surface area contributed by atoms with E-state index < -0.39 is 35.4 Å². The van der Waals surface area contributed by atoms with Gasteiger partial charge >= 0.3 is 12.1 Å². The van der Waals surface area contributed by atoms with Crippen LogP contribution in [0.5, 0.6) is 0 Å². The first kappa shape index (κ1) is 15.0. The quantitative estimate of drug-likeness (QED) is 0.485. The lowest BCUT2D eigenvalue weighted by Gasteiger charge is -2.49. The Morgan fingerprint density at radius 3 is 2.70 bits per heavy atom. The Morgan fingerprint density at radius 1 is 1.55 bits per heavy atom. The van der Waals surface area contributed by atoms with Crippen LogP contribution in [0, 0.1) is 5.92 Å². The monoisotopic (exact) mass is 320 g/mol. The first-order chi connectivity index (χ1) is 9.34. The number of β-lactam (4-membered cyclic amide) rings is 1. The minimum absolute atomic E-state index is 0.220. The number of aliphatic carboxylic acids is 1. The normalized spacial score (nSPS) is 26.7. The number of amides is 2. The molecule has 20 heavy (non-hydrogen) atoms. The summed E-state index contributed by atoms with van der Waals surface area (Å²) < 4.78 is 4.58. The van der Waals surface area contributed by atoms with E-state index in [2.05, 4.69) is 4.74 Å². The maximum Gasteiger partial charge on any atom is 0.404 e. The Balaban J connectivity index is 2.26. The lowest BCUT2D eigenvalue weighted by molar-refractivity contribution is -0.157. The molecule has 0 spiro atoms. The number of aliphatic hydroxyl groups is 1. The topological polar surface area (TPSA) is 130 Å². The summed E-state index contributed by atoms with van der Waals surface area (Å²) in [6.07, 6.45) is -1.87. The fraction of sp³-hybridized carbons (Fsp3) is 0.500. The average Bonchev–Trinajstić information content (AvgIpc) is 2.34. The molecule has 3 atom stereocenters. The fourth-order valence-corrected chi connectivity index (χ4v) is 4.99. The second kappa shape index (κ2) is 5.54.